The monoisotopic (exact) mass is 517 g/mol. The van der Waals surface area contributed by atoms with Crippen molar-refractivity contribution < 1.29 is 23.8 Å². The molecule has 0 bridgehead atoms. The van der Waals surface area contributed by atoms with Gasteiger partial charge in [-0.05, 0) is 19.1 Å². The Bertz CT molecular complexity index is 1190. The molecule has 3 aliphatic rings. The molecule has 2 fully saturated rings. The van der Waals surface area contributed by atoms with E-state index in [4.69, 9.17) is 21.3 Å². The maximum Gasteiger partial charge on any atom is 0.261 e. The SMILES string of the molecule is CCC(=O)N1CCN(c2nc(-c3c(O)cccc3F)c(Cl)c3c2C(=O)N2CCNCC2CO3)[C@@H](C)C1. The molecule has 0 saturated carbocycles. The van der Waals surface area contributed by atoms with E-state index in [0.717, 1.165) is 0 Å². The van der Waals surface area contributed by atoms with Gasteiger partial charge in [0.05, 0.1) is 11.6 Å². The molecule has 9 nitrogen and oxygen atoms in total. The van der Waals surface area contributed by atoms with E-state index in [-0.39, 0.29) is 63.8 Å². The van der Waals surface area contributed by atoms with Gasteiger partial charge in [0.2, 0.25) is 5.91 Å². The van der Waals surface area contributed by atoms with Gasteiger partial charge >= 0.3 is 0 Å². The lowest BCUT2D eigenvalue weighted by atomic mass is 10.0. The highest BCUT2D eigenvalue weighted by Crippen LogP contribution is 2.46. The third kappa shape index (κ3) is 4.12. The molecule has 11 heteroatoms. The minimum Gasteiger partial charge on any atom is -0.507 e. The van der Waals surface area contributed by atoms with Gasteiger partial charge in [-0.25, -0.2) is 9.37 Å². The van der Waals surface area contributed by atoms with Crippen molar-refractivity contribution in [1.29, 1.82) is 0 Å². The first-order valence-electron chi connectivity index (χ1n) is 12.2. The summed E-state index contributed by atoms with van der Waals surface area (Å²) >= 11 is 6.75. The van der Waals surface area contributed by atoms with E-state index in [1.54, 1.807) is 9.80 Å². The molecule has 0 aliphatic carbocycles. The van der Waals surface area contributed by atoms with Gasteiger partial charge in [0.15, 0.2) is 5.75 Å². The van der Waals surface area contributed by atoms with Crippen molar-refractivity contribution in [1.82, 2.24) is 20.1 Å². The molecule has 2 saturated heterocycles. The predicted molar refractivity (Wildman–Crippen MR) is 133 cm³/mol. The first kappa shape index (κ1) is 24.6. The minimum absolute atomic E-state index is 0.00563. The highest BCUT2D eigenvalue weighted by atomic mass is 35.5. The number of fused-ring (bicyclic) bond motifs is 2. The van der Waals surface area contributed by atoms with Gasteiger partial charge in [-0.1, -0.05) is 24.6 Å². The topological polar surface area (TPSA) is 98.2 Å². The van der Waals surface area contributed by atoms with Crippen LogP contribution in [0.4, 0.5) is 10.2 Å². The third-order valence-electron chi connectivity index (χ3n) is 7.10. The fourth-order valence-corrected chi connectivity index (χ4v) is 5.49. The van der Waals surface area contributed by atoms with Crippen LogP contribution in [0, 0.1) is 5.82 Å². The van der Waals surface area contributed by atoms with E-state index in [0.29, 0.717) is 51.5 Å². The first-order chi connectivity index (χ1) is 17.3. The summed E-state index contributed by atoms with van der Waals surface area (Å²) in [6, 6.07) is 3.60. The fraction of sp³-hybridized carbons (Fsp3) is 0.480. The molecule has 4 heterocycles. The van der Waals surface area contributed by atoms with Crippen LogP contribution in [0.1, 0.15) is 30.6 Å². The second-order valence-corrected chi connectivity index (χ2v) is 9.72. The number of phenols is 1. The normalized spacial score (nSPS) is 22.0. The molecule has 2 aromatic rings. The van der Waals surface area contributed by atoms with Crippen molar-refractivity contribution in [3.63, 3.8) is 0 Å². The van der Waals surface area contributed by atoms with Crippen molar-refractivity contribution in [3.05, 3.63) is 34.6 Å². The first-order valence-corrected chi connectivity index (χ1v) is 12.6. The summed E-state index contributed by atoms with van der Waals surface area (Å²) in [7, 11) is 0. The number of anilines is 1. The zero-order valence-corrected chi connectivity index (χ0v) is 21.0. The second-order valence-electron chi connectivity index (χ2n) is 9.34. The number of halogens is 2. The summed E-state index contributed by atoms with van der Waals surface area (Å²) in [5, 5.41) is 13.8. The molecule has 1 aromatic carbocycles. The molecule has 3 aliphatic heterocycles. The number of nitrogens with zero attached hydrogens (tertiary/aromatic N) is 4. The molecule has 1 aromatic heterocycles. The molecule has 0 radical (unpaired) electrons. The molecule has 192 valence electrons. The lowest BCUT2D eigenvalue weighted by Gasteiger charge is -2.41. The number of phenolic OH excluding ortho intramolecular Hbond substituents is 1. The van der Waals surface area contributed by atoms with E-state index in [1.807, 2.05) is 18.7 Å². The van der Waals surface area contributed by atoms with Crippen LogP contribution in [0.5, 0.6) is 11.5 Å². The van der Waals surface area contributed by atoms with Crippen LogP contribution in [0.3, 0.4) is 0 Å². The number of rotatable bonds is 3. The summed E-state index contributed by atoms with van der Waals surface area (Å²) in [5.74, 6) is -0.747. The number of hydrogen-bond acceptors (Lipinski definition) is 7. The van der Waals surface area contributed by atoms with Crippen LogP contribution in [0.15, 0.2) is 18.2 Å². The highest BCUT2D eigenvalue weighted by molar-refractivity contribution is 6.35. The average molecular weight is 518 g/mol. The molecule has 1 unspecified atom stereocenters. The van der Waals surface area contributed by atoms with Crippen LogP contribution < -0.4 is 15.0 Å². The Morgan fingerprint density at radius 2 is 2.08 bits per heavy atom. The van der Waals surface area contributed by atoms with Crippen LogP contribution in [0.25, 0.3) is 11.3 Å². The number of aromatic hydroxyl groups is 1. The number of nitrogens with one attached hydrogen (secondary N) is 1. The lowest BCUT2D eigenvalue weighted by Crippen LogP contribution is -2.56. The Labute approximate surface area is 213 Å². The summed E-state index contributed by atoms with van der Waals surface area (Å²) in [6.07, 6.45) is 0.411. The van der Waals surface area contributed by atoms with Crippen molar-refractivity contribution in [2.24, 2.45) is 0 Å². The van der Waals surface area contributed by atoms with Crippen molar-refractivity contribution in [3.8, 4) is 22.8 Å². The Morgan fingerprint density at radius 1 is 1.28 bits per heavy atom. The Hall–Kier alpha value is -3.11. The van der Waals surface area contributed by atoms with Gasteiger partial charge in [0, 0.05) is 51.7 Å². The van der Waals surface area contributed by atoms with Gasteiger partial charge in [-0.2, -0.15) is 0 Å². The van der Waals surface area contributed by atoms with Gasteiger partial charge < -0.3 is 29.9 Å². The maximum absolute atomic E-state index is 14.9. The molecule has 36 heavy (non-hydrogen) atoms. The second kappa shape index (κ2) is 9.74. The maximum atomic E-state index is 14.9. The highest BCUT2D eigenvalue weighted by Gasteiger charge is 2.40. The summed E-state index contributed by atoms with van der Waals surface area (Å²) in [4.78, 5) is 36.4. The van der Waals surface area contributed by atoms with E-state index >= 15 is 0 Å². The van der Waals surface area contributed by atoms with Crippen molar-refractivity contribution >= 4 is 29.2 Å². The number of ether oxygens (including phenoxy) is 1. The Kier molecular flexibility index (Phi) is 6.65. The number of piperazine rings is 2. The predicted octanol–water partition coefficient (Wildman–Crippen LogP) is 2.50. The lowest BCUT2D eigenvalue weighted by molar-refractivity contribution is -0.131. The van der Waals surface area contributed by atoms with E-state index in [1.165, 1.54) is 18.2 Å². The van der Waals surface area contributed by atoms with Crippen molar-refractivity contribution in [2.45, 2.75) is 32.4 Å². The molecular formula is C25H29ClFN5O4. The van der Waals surface area contributed by atoms with Gasteiger partial charge in [0.25, 0.3) is 5.91 Å². The van der Waals surface area contributed by atoms with E-state index in [2.05, 4.69) is 5.32 Å². The molecule has 2 atom stereocenters. The summed E-state index contributed by atoms with van der Waals surface area (Å²) < 4.78 is 21.1. The zero-order valence-electron chi connectivity index (χ0n) is 20.3. The Balaban J connectivity index is 1.68. The van der Waals surface area contributed by atoms with Crippen LogP contribution in [-0.2, 0) is 4.79 Å². The third-order valence-corrected chi connectivity index (χ3v) is 7.45. The van der Waals surface area contributed by atoms with Crippen LogP contribution in [0.2, 0.25) is 5.02 Å². The summed E-state index contributed by atoms with van der Waals surface area (Å²) in [6.45, 7) is 7.08. The van der Waals surface area contributed by atoms with E-state index in [9.17, 15) is 19.1 Å². The summed E-state index contributed by atoms with van der Waals surface area (Å²) in [5.41, 5.74) is 0.0795. The molecule has 0 spiro atoms. The van der Waals surface area contributed by atoms with Gasteiger partial charge in [-0.15, -0.1) is 0 Å². The number of hydrogen-bond donors (Lipinski definition) is 2. The average Bonchev–Trinajstić information content (AvgIpc) is 3.02. The standard InChI is InChI=1S/C25H29ClFN5O4/c1-3-18(34)30-9-10-31(14(2)12-30)24-20-23(36-13-15-11-28-7-8-32(15)25(20)35)21(26)22(29-24)19-16(27)5-4-6-17(19)33/h4-6,14-15,28,33H,3,7-13H2,1-2H3/t14-,15?/m0/s1. The number of carbonyl (C=O) groups excluding carboxylic acids is 2. The van der Waals surface area contributed by atoms with Crippen LogP contribution in [-0.4, -0.2) is 89.7 Å². The number of pyridine rings is 1. The van der Waals surface area contributed by atoms with Crippen LogP contribution >= 0.6 is 11.6 Å². The van der Waals surface area contributed by atoms with Gasteiger partial charge in [-0.3, -0.25) is 9.59 Å². The smallest absolute Gasteiger partial charge is 0.261 e. The number of aromatic nitrogens is 1. The largest absolute Gasteiger partial charge is 0.507 e. The zero-order chi connectivity index (χ0) is 25.6. The molecule has 2 N–H and O–H groups in total. The Morgan fingerprint density at radius 3 is 2.81 bits per heavy atom. The fourth-order valence-electron chi connectivity index (χ4n) is 5.20. The van der Waals surface area contributed by atoms with Crippen molar-refractivity contribution in [2.75, 3.05) is 50.8 Å². The van der Waals surface area contributed by atoms with Gasteiger partial charge in [0.1, 0.15) is 40.3 Å². The molecule has 2 amide bonds. The number of amides is 2. The molecular weight excluding hydrogens is 489 g/mol. The van der Waals surface area contributed by atoms with E-state index < -0.39 is 5.82 Å². The number of benzene rings is 1. The quantitative estimate of drug-likeness (QED) is 0.645. The molecule has 5 rings (SSSR count). The number of carbonyl (C=O) groups is 2. The minimum atomic E-state index is -0.691.